The van der Waals surface area contributed by atoms with Crippen LogP contribution in [0.5, 0.6) is 0 Å². The molecule has 0 saturated carbocycles. The Morgan fingerprint density at radius 1 is 1.20 bits per heavy atom. The van der Waals surface area contributed by atoms with Crippen molar-refractivity contribution in [3.8, 4) is 0 Å². The van der Waals surface area contributed by atoms with Crippen molar-refractivity contribution in [1.29, 1.82) is 0 Å². The Kier molecular flexibility index (Phi) is 2.49. The molecule has 0 aromatic heterocycles. The molecule has 0 fully saturated rings. The minimum Gasteiger partial charge on any atom is -0.293 e. The van der Waals surface area contributed by atoms with Crippen molar-refractivity contribution >= 4 is 5.71 Å². The summed E-state index contributed by atoms with van der Waals surface area (Å²) in [5.74, 6) is 0. The molecule has 1 aromatic carbocycles. The van der Waals surface area contributed by atoms with Gasteiger partial charge in [-0.1, -0.05) is 30.3 Å². The van der Waals surface area contributed by atoms with Crippen LogP contribution in [0.4, 0.5) is 0 Å². The van der Waals surface area contributed by atoms with Crippen molar-refractivity contribution in [2.75, 3.05) is 0 Å². The first-order valence-corrected chi connectivity index (χ1v) is 5.26. The maximum Gasteiger partial charge on any atom is 0.0912 e. The highest BCUT2D eigenvalue weighted by Crippen LogP contribution is 2.16. The first-order chi connectivity index (χ1) is 7.09. The van der Waals surface area contributed by atoms with E-state index in [0.717, 1.165) is 11.3 Å². The normalized spacial score (nSPS) is 24.2. The Hall–Kier alpha value is -1.35. The summed E-state index contributed by atoms with van der Waals surface area (Å²) >= 11 is 0. The second-order valence-corrected chi connectivity index (χ2v) is 4.45. The number of hydrogen-bond acceptors (Lipinski definition) is 3. The number of rotatable bonds is 1. The highest BCUT2D eigenvalue weighted by molar-refractivity contribution is 6.07. The number of hydrogen-bond donors (Lipinski definition) is 2. The van der Waals surface area contributed by atoms with Crippen LogP contribution in [0.3, 0.4) is 0 Å². The molecule has 0 spiro atoms. The van der Waals surface area contributed by atoms with Crippen LogP contribution in [0.1, 0.15) is 26.3 Å². The average molecular weight is 203 g/mol. The van der Waals surface area contributed by atoms with Gasteiger partial charge in [0.05, 0.1) is 17.4 Å². The van der Waals surface area contributed by atoms with Gasteiger partial charge in [-0.3, -0.25) is 10.7 Å². The summed E-state index contributed by atoms with van der Waals surface area (Å²) in [6, 6.07) is 10.3. The highest BCUT2D eigenvalue weighted by Gasteiger charge is 2.30. The third-order valence-corrected chi connectivity index (χ3v) is 2.59. The van der Waals surface area contributed by atoms with Crippen LogP contribution >= 0.6 is 0 Å². The number of nitrogens with zero attached hydrogens (tertiary/aromatic N) is 1. The number of hydrazone groups is 1. The van der Waals surface area contributed by atoms with Gasteiger partial charge in [0.25, 0.3) is 0 Å². The molecule has 80 valence electrons. The number of nitrogens with one attached hydrogen (secondary N) is 2. The molecule has 3 heteroatoms. The molecule has 1 aromatic rings. The molecule has 1 aliphatic heterocycles. The van der Waals surface area contributed by atoms with E-state index in [1.807, 2.05) is 18.2 Å². The first kappa shape index (κ1) is 10.2. The Morgan fingerprint density at radius 2 is 1.87 bits per heavy atom. The molecule has 0 amide bonds. The van der Waals surface area contributed by atoms with Crippen LogP contribution in [-0.2, 0) is 0 Å². The monoisotopic (exact) mass is 203 g/mol. The van der Waals surface area contributed by atoms with E-state index in [1.165, 1.54) is 0 Å². The van der Waals surface area contributed by atoms with Crippen LogP contribution in [-0.4, -0.2) is 17.4 Å². The molecule has 1 aliphatic rings. The van der Waals surface area contributed by atoms with Gasteiger partial charge in [0.2, 0.25) is 0 Å². The molecule has 2 rings (SSSR count). The second kappa shape index (κ2) is 3.66. The van der Waals surface area contributed by atoms with Crippen molar-refractivity contribution in [2.24, 2.45) is 5.10 Å². The Labute approximate surface area is 90.6 Å². The molecule has 15 heavy (non-hydrogen) atoms. The molecule has 3 nitrogen and oxygen atoms in total. The maximum absolute atomic E-state index is 4.44. The van der Waals surface area contributed by atoms with Crippen LogP contribution in [0, 0.1) is 0 Å². The molecular formula is C12H17N3. The van der Waals surface area contributed by atoms with Gasteiger partial charge in [-0.25, -0.2) is 0 Å². The Bertz CT molecular complexity index is 368. The van der Waals surface area contributed by atoms with Gasteiger partial charge in [0.15, 0.2) is 0 Å². The Balaban J connectivity index is 2.37. The summed E-state index contributed by atoms with van der Waals surface area (Å²) < 4.78 is 0. The zero-order valence-electron chi connectivity index (χ0n) is 9.41. The van der Waals surface area contributed by atoms with E-state index in [9.17, 15) is 0 Å². The smallest absolute Gasteiger partial charge is 0.0912 e. The van der Waals surface area contributed by atoms with Crippen LogP contribution in [0.15, 0.2) is 35.4 Å². The van der Waals surface area contributed by atoms with Gasteiger partial charge in [-0.05, 0) is 26.3 Å². The maximum atomic E-state index is 4.44. The first-order valence-electron chi connectivity index (χ1n) is 5.26. The fourth-order valence-corrected chi connectivity index (χ4v) is 1.96. The molecule has 1 heterocycles. The third-order valence-electron chi connectivity index (χ3n) is 2.59. The third kappa shape index (κ3) is 2.02. The quantitative estimate of drug-likeness (QED) is 0.729. The van der Waals surface area contributed by atoms with E-state index in [4.69, 9.17) is 0 Å². The fraction of sp³-hybridized carbons (Fsp3) is 0.417. The van der Waals surface area contributed by atoms with Crippen LogP contribution < -0.4 is 10.7 Å². The lowest BCUT2D eigenvalue weighted by Crippen LogP contribution is -2.59. The lowest BCUT2D eigenvalue weighted by Gasteiger charge is -2.36. The molecular weight excluding hydrogens is 186 g/mol. The zero-order valence-corrected chi connectivity index (χ0v) is 9.41. The summed E-state index contributed by atoms with van der Waals surface area (Å²) in [4.78, 5) is 0. The minimum absolute atomic E-state index is 0.0913. The summed E-state index contributed by atoms with van der Waals surface area (Å²) in [6.45, 7) is 6.36. The van der Waals surface area contributed by atoms with Crippen molar-refractivity contribution < 1.29 is 0 Å². The van der Waals surface area contributed by atoms with Gasteiger partial charge >= 0.3 is 0 Å². The minimum atomic E-state index is -0.0913. The summed E-state index contributed by atoms with van der Waals surface area (Å²) in [5.41, 5.74) is 5.19. The van der Waals surface area contributed by atoms with Crippen molar-refractivity contribution in [3.05, 3.63) is 35.9 Å². The van der Waals surface area contributed by atoms with Crippen molar-refractivity contribution in [1.82, 2.24) is 10.7 Å². The molecule has 0 radical (unpaired) electrons. The summed E-state index contributed by atoms with van der Waals surface area (Å²) in [6.07, 6.45) is 0.215. The van der Waals surface area contributed by atoms with E-state index < -0.39 is 0 Å². The van der Waals surface area contributed by atoms with Crippen molar-refractivity contribution in [2.45, 2.75) is 32.5 Å². The molecule has 0 bridgehead atoms. The highest BCUT2D eigenvalue weighted by atomic mass is 15.4. The van der Waals surface area contributed by atoms with E-state index in [1.54, 1.807) is 0 Å². The molecule has 0 aliphatic carbocycles. The predicted octanol–water partition coefficient (Wildman–Crippen LogP) is 1.71. The Morgan fingerprint density at radius 3 is 2.47 bits per heavy atom. The van der Waals surface area contributed by atoms with E-state index in [-0.39, 0.29) is 11.7 Å². The predicted molar refractivity (Wildman–Crippen MR) is 62.8 cm³/mol. The van der Waals surface area contributed by atoms with Gasteiger partial charge in [-0.2, -0.15) is 5.10 Å². The second-order valence-electron chi connectivity index (χ2n) is 4.45. The lowest BCUT2D eigenvalue weighted by molar-refractivity contribution is 0.358. The van der Waals surface area contributed by atoms with E-state index in [2.05, 4.69) is 48.7 Å². The zero-order chi connectivity index (χ0) is 10.9. The lowest BCUT2D eigenvalue weighted by atomic mass is 9.91. The van der Waals surface area contributed by atoms with Crippen LogP contribution in [0.25, 0.3) is 0 Å². The fourth-order valence-electron chi connectivity index (χ4n) is 1.96. The van der Waals surface area contributed by atoms with E-state index >= 15 is 0 Å². The molecule has 1 unspecified atom stereocenters. The van der Waals surface area contributed by atoms with Gasteiger partial charge < -0.3 is 0 Å². The largest absolute Gasteiger partial charge is 0.293 e. The van der Waals surface area contributed by atoms with Crippen LogP contribution in [0.2, 0.25) is 0 Å². The number of benzene rings is 1. The van der Waals surface area contributed by atoms with Gasteiger partial charge in [-0.15, -0.1) is 0 Å². The molecule has 0 saturated heterocycles. The van der Waals surface area contributed by atoms with Crippen molar-refractivity contribution in [3.63, 3.8) is 0 Å². The SMILES string of the molecule is CC1NN=C(c2ccccc2)C(C)(C)N1. The summed E-state index contributed by atoms with van der Waals surface area (Å²) in [5, 5.41) is 7.90. The summed E-state index contributed by atoms with van der Waals surface area (Å²) in [7, 11) is 0. The van der Waals surface area contributed by atoms with E-state index in [0.29, 0.717) is 0 Å². The van der Waals surface area contributed by atoms with Gasteiger partial charge in [0.1, 0.15) is 0 Å². The molecule has 1 atom stereocenters. The molecule has 2 N–H and O–H groups in total. The average Bonchev–Trinajstić information content (AvgIpc) is 2.17. The van der Waals surface area contributed by atoms with Gasteiger partial charge in [0, 0.05) is 0 Å². The topological polar surface area (TPSA) is 36.4 Å². The standard InChI is InChI=1S/C12H17N3/c1-9-13-12(2,3)11(15-14-9)10-7-5-4-6-8-10/h4-9,13-14H,1-3H3.